The van der Waals surface area contributed by atoms with Gasteiger partial charge in [0.1, 0.15) is 0 Å². The van der Waals surface area contributed by atoms with E-state index in [-0.39, 0.29) is 27.0 Å². The van der Waals surface area contributed by atoms with E-state index in [0.717, 1.165) is 0 Å². The molecule has 3 N–H and O–H groups in total. The van der Waals surface area contributed by atoms with Gasteiger partial charge in [0.05, 0.1) is 0 Å². The van der Waals surface area contributed by atoms with E-state index in [9.17, 15) is 0 Å². The molecule has 0 aliphatic rings. The van der Waals surface area contributed by atoms with Crippen LogP contribution in [0.1, 0.15) is 0 Å². The second-order valence-electron chi connectivity index (χ2n) is 0.346. The molecule has 6 heteroatoms. The first-order valence-corrected chi connectivity index (χ1v) is 0.775. The summed E-state index contributed by atoms with van der Waals surface area (Å²) in [5, 5.41) is 21.5. The van der Waals surface area contributed by atoms with Crippen LogP contribution in [-0.4, -0.2) is 22.4 Å². The second-order valence-corrected chi connectivity index (χ2v) is 0.346. The van der Waals surface area contributed by atoms with E-state index < -0.39 is 7.32 Å². The summed E-state index contributed by atoms with van der Waals surface area (Å²) in [6, 6.07) is 0. The van der Waals surface area contributed by atoms with Gasteiger partial charge in [-0.2, -0.15) is 9.90 Å². The van der Waals surface area contributed by atoms with Crippen molar-refractivity contribution in [2.75, 3.05) is 0 Å². The molecule has 0 saturated heterocycles. The van der Waals surface area contributed by atoms with E-state index in [0.29, 0.717) is 0 Å². The molecular weight excluding hydrogens is 153 g/mol. The van der Waals surface area contributed by atoms with Crippen LogP contribution in [0.2, 0.25) is 0 Å². The van der Waals surface area contributed by atoms with Gasteiger partial charge in [-0.15, -0.1) is 0 Å². The molecule has 0 heterocycles. The Labute approximate surface area is 50.0 Å². The first-order chi connectivity index (χ1) is 1.73. The predicted octanol–water partition coefficient (Wildman–Crippen LogP) is -2.00. The Morgan fingerprint density at radius 2 is 1.00 bits per heavy atom. The largest absolute Gasteiger partial charge is 0.631 e. The summed E-state index contributed by atoms with van der Waals surface area (Å²) in [5.41, 5.74) is 0. The van der Waals surface area contributed by atoms with Crippen LogP contribution in [0.15, 0.2) is 0 Å². The van der Waals surface area contributed by atoms with Crippen molar-refractivity contribution in [3.8, 4) is 0 Å². The molecule has 0 bridgehead atoms. The molecule has 0 saturated carbocycles. The van der Waals surface area contributed by atoms with Crippen molar-refractivity contribution >= 4 is 17.2 Å². The summed E-state index contributed by atoms with van der Waals surface area (Å²) in [6.07, 6.45) is 0. The minimum atomic E-state index is -2.17. The second kappa shape index (κ2) is 9.31. The summed E-state index contributed by atoms with van der Waals surface area (Å²) in [4.78, 5) is 0. The average Bonchev–Trinajstić information content (AvgIpc) is 0.811. The van der Waals surface area contributed by atoms with Crippen LogP contribution in [0, 0.1) is 0 Å². The summed E-state index contributed by atoms with van der Waals surface area (Å²) >= 11 is 0. The zero-order chi connectivity index (χ0) is 3.58. The van der Waals surface area contributed by atoms with Gasteiger partial charge in [0, 0.05) is 17.1 Å². The van der Waals surface area contributed by atoms with Crippen LogP contribution in [0.4, 0.5) is 0 Å². The van der Waals surface area contributed by atoms with E-state index >= 15 is 0 Å². The van der Waals surface area contributed by atoms with Gasteiger partial charge in [0.25, 0.3) is 0 Å². The molecule has 1 radical (unpaired) electrons. The van der Waals surface area contributed by atoms with Gasteiger partial charge in [-0.05, 0) is 0 Å². The Morgan fingerprint density at radius 1 is 1.00 bits per heavy atom. The summed E-state index contributed by atoms with van der Waals surface area (Å²) in [5.74, 6) is 0. The molecule has 0 amide bonds. The van der Waals surface area contributed by atoms with Gasteiger partial charge in [-0.1, -0.05) is 0 Å². The zero-order valence-corrected chi connectivity index (χ0v) is 5.28. The standard InChI is InChI=1S/BH3O3.Cu.H3P/c2-1(3)4;;/h2-4H;;1H3. The van der Waals surface area contributed by atoms with Gasteiger partial charge in [0.15, 0.2) is 0 Å². The predicted molar refractivity (Wildman–Crippen MR) is 23.5 cm³/mol. The van der Waals surface area contributed by atoms with Crippen molar-refractivity contribution in [2.45, 2.75) is 0 Å². The third kappa shape index (κ3) is 92.8. The van der Waals surface area contributed by atoms with E-state index in [1.54, 1.807) is 0 Å². The molecule has 43 valence electrons. The third-order valence-corrected chi connectivity index (χ3v) is 0. The third-order valence-electron chi connectivity index (χ3n) is 0. The Morgan fingerprint density at radius 3 is 1.00 bits per heavy atom. The molecule has 0 spiro atoms. The molecule has 0 aromatic rings. The van der Waals surface area contributed by atoms with Crippen LogP contribution in [-0.2, 0) is 17.1 Å². The average molecular weight is 159 g/mol. The van der Waals surface area contributed by atoms with E-state index in [1.807, 2.05) is 0 Å². The van der Waals surface area contributed by atoms with Gasteiger partial charge < -0.3 is 15.1 Å². The Bertz CT molecular complexity index is 15.5. The topological polar surface area (TPSA) is 60.7 Å². The number of hydrogen-bond acceptors (Lipinski definition) is 3. The van der Waals surface area contributed by atoms with Crippen LogP contribution < -0.4 is 0 Å². The normalized spacial score (nSPS) is 4.50. The maximum absolute atomic E-state index is 7.17. The molecule has 0 aliphatic carbocycles. The minimum Gasteiger partial charge on any atom is -0.402 e. The van der Waals surface area contributed by atoms with Gasteiger partial charge in [-0.3, -0.25) is 0 Å². The maximum atomic E-state index is 7.17. The van der Waals surface area contributed by atoms with Crippen LogP contribution >= 0.6 is 9.90 Å². The van der Waals surface area contributed by atoms with E-state index in [4.69, 9.17) is 15.1 Å². The van der Waals surface area contributed by atoms with Gasteiger partial charge in [0.2, 0.25) is 0 Å². The molecule has 0 aliphatic heterocycles. The smallest absolute Gasteiger partial charge is 0.402 e. The maximum Gasteiger partial charge on any atom is 0.631 e. The first-order valence-electron chi connectivity index (χ1n) is 0.775. The fourth-order valence-electron chi connectivity index (χ4n) is 0. The summed E-state index contributed by atoms with van der Waals surface area (Å²) in [6.45, 7) is 0. The fraction of sp³-hybridized carbons (Fsp3) is 0. The van der Waals surface area contributed by atoms with Crippen LogP contribution in [0.5, 0.6) is 0 Å². The van der Waals surface area contributed by atoms with Crippen molar-refractivity contribution in [1.82, 2.24) is 0 Å². The Balaban J connectivity index is -0.0000000450. The molecular formula is H6BCuO3P. The molecule has 0 rings (SSSR count). The van der Waals surface area contributed by atoms with Crippen molar-refractivity contribution < 1.29 is 32.1 Å². The molecule has 0 fully saturated rings. The van der Waals surface area contributed by atoms with Crippen LogP contribution in [0.25, 0.3) is 0 Å². The zero-order valence-electron chi connectivity index (χ0n) is 2.93. The first kappa shape index (κ1) is 15.8. The quantitative estimate of drug-likeness (QED) is 0.283. The monoisotopic (exact) mass is 159 g/mol. The van der Waals surface area contributed by atoms with Gasteiger partial charge >= 0.3 is 7.32 Å². The van der Waals surface area contributed by atoms with Crippen molar-refractivity contribution in [3.63, 3.8) is 0 Å². The van der Waals surface area contributed by atoms with E-state index in [2.05, 4.69) is 0 Å². The molecule has 1 atom stereocenters. The Hall–Kier alpha value is 0.894. The number of hydrogen-bond donors (Lipinski definition) is 3. The molecule has 6 heavy (non-hydrogen) atoms. The van der Waals surface area contributed by atoms with Gasteiger partial charge in [-0.25, -0.2) is 0 Å². The van der Waals surface area contributed by atoms with Crippen molar-refractivity contribution in [3.05, 3.63) is 0 Å². The van der Waals surface area contributed by atoms with Crippen molar-refractivity contribution in [2.24, 2.45) is 0 Å². The molecule has 0 aromatic heterocycles. The van der Waals surface area contributed by atoms with E-state index in [1.165, 1.54) is 0 Å². The van der Waals surface area contributed by atoms with Crippen LogP contribution in [0.3, 0.4) is 0 Å². The fourth-order valence-corrected chi connectivity index (χ4v) is 0. The minimum absolute atomic E-state index is 0. The van der Waals surface area contributed by atoms with Crippen molar-refractivity contribution in [1.29, 1.82) is 0 Å². The Kier molecular flexibility index (Phi) is 24.5. The summed E-state index contributed by atoms with van der Waals surface area (Å²) < 4.78 is 0. The molecule has 1 unspecified atom stereocenters. The molecule has 0 aromatic carbocycles. The molecule has 3 nitrogen and oxygen atoms in total. The summed E-state index contributed by atoms with van der Waals surface area (Å²) in [7, 11) is -2.17. The SMILES string of the molecule is OB(O)O.P.[Cu]. The number of rotatable bonds is 0.